The van der Waals surface area contributed by atoms with Gasteiger partial charge in [0, 0.05) is 45.7 Å². The zero-order valence-electron chi connectivity index (χ0n) is 12.2. The van der Waals surface area contributed by atoms with Crippen LogP contribution in [0, 0.1) is 0 Å². The third-order valence-corrected chi connectivity index (χ3v) is 3.98. The van der Waals surface area contributed by atoms with Crippen LogP contribution in [0.25, 0.3) is 11.0 Å². The molecule has 0 aliphatic carbocycles. The summed E-state index contributed by atoms with van der Waals surface area (Å²) in [6.45, 7) is 3.93. The van der Waals surface area contributed by atoms with Crippen molar-refractivity contribution in [2.24, 2.45) is 7.05 Å². The van der Waals surface area contributed by atoms with E-state index in [-0.39, 0.29) is 11.8 Å². The summed E-state index contributed by atoms with van der Waals surface area (Å²) in [5.41, 5.74) is 2.48. The van der Waals surface area contributed by atoms with Crippen molar-refractivity contribution in [3.63, 3.8) is 0 Å². The van der Waals surface area contributed by atoms with Gasteiger partial charge in [-0.05, 0) is 18.2 Å². The first-order valence-corrected chi connectivity index (χ1v) is 7.02. The maximum absolute atomic E-state index is 12.5. The molecule has 0 N–H and O–H groups in total. The molecule has 0 spiro atoms. The first kappa shape index (κ1) is 13.6. The summed E-state index contributed by atoms with van der Waals surface area (Å²) in [5, 5.41) is 0. The van der Waals surface area contributed by atoms with Crippen molar-refractivity contribution in [1.29, 1.82) is 0 Å². The zero-order valence-corrected chi connectivity index (χ0v) is 12.2. The third kappa shape index (κ3) is 2.49. The molecule has 0 bridgehead atoms. The number of benzene rings is 1. The Morgan fingerprint density at radius 1 is 1.10 bits per heavy atom. The van der Waals surface area contributed by atoms with Gasteiger partial charge in [0.05, 0.1) is 17.4 Å². The van der Waals surface area contributed by atoms with Crippen LogP contribution in [0.4, 0.5) is 0 Å². The van der Waals surface area contributed by atoms with Gasteiger partial charge in [0.1, 0.15) is 0 Å². The van der Waals surface area contributed by atoms with Crippen LogP contribution in [0.3, 0.4) is 0 Å². The average molecular weight is 286 g/mol. The van der Waals surface area contributed by atoms with Crippen molar-refractivity contribution < 1.29 is 9.59 Å². The molecule has 21 heavy (non-hydrogen) atoms. The van der Waals surface area contributed by atoms with Gasteiger partial charge < -0.3 is 14.4 Å². The van der Waals surface area contributed by atoms with Crippen LogP contribution in [0.15, 0.2) is 24.5 Å². The molecule has 2 amide bonds. The summed E-state index contributed by atoms with van der Waals surface area (Å²) in [7, 11) is 1.93. The van der Waals surface area contributed by atoms with Crippen molar-refractivity contribution in [3.8, 4) is 0 Å². The molecule has 1 aromatic heterocycles. The summed E-state index contributed by atoms with van der Waals surface area (Å²) < 4.78 is 1.93. The number of amides is 2. The van der Waals surface area contributed by atoms with Crippen LogP contribution in [0.1, 0.15) is 17.3 Å². The highest BCUT2D eigenvalue weighted by molar-refractivity contribution is 5.97. The van der Waals surface area contributed by atoms with Crippen molar-refractivity contribution in [3.05, 3.63) is 30.1 Å². The molecule has 1 saturated heterocycles. The Kier molecular flexibility index (Phi) is 3.37. The lowest BCUT2D eigenvalue weighted by Crippen LogP contribution is -2.50. The van der Waals surface area contributed by atoms with Gasteiger partial charge in [-0.2, -0.15) is 0 Å². The second-order valence-electron chi connectivity index (χ2n) is 5.36. The second kappa shape index (κ2) is 5.20. The molecular formula is C15H18N4O2. The summed E-state index contributed by atoms with van der Waals surface area (Å²) in [6.07, 6.45) is 1.74. The largest absolute Gasteiger partial charge is 0.339 e. The number of piperazine rings is 1. The Hall–Kier alpha value is -2.37. The maximum atomic E-state index is 12.5. The fourth-order valence-corrected chi connectivity index (χ4v) is 2.68. The molecule has 0 unspecified atom stereocenters. The van der Waals surface area contributed by atoms with Gasteiger partial charge in [0.15, 0.2) is 0 Å². The number of imidazole rings is 1. The Bertz CT molecular complexity index is 699. The molecule has 6 heteroatoms. The number of fused-ring (bicyclic) bond motifs is 1. The van der Waals surface area contributed by atoms with Gasteiger partial charge in [-0.25, -0.2) is 4.98 Å². The van der Waals surface area contributed by atoms with Gasteiger partial charge in [-0.3, -0.25) is 9.59 Å². The molecule has 1 aliphatic rings. The van der Waals surface area contributed by atoms with E-state index in [4.69, 9.17) is 0 Å². The maximum Gasteiger partial charge on any atom is 0.254 e. The summed E-state index contributed by atoms with van der Waals surface area (Å²) in [6, 6.07) is 5.58. The topological polar surface area (TPSA) is 58.4 Å². The van der Waals surface area contributed by atoms with E-state index in [9.17, 15) is 9.59 Å². The van der Waals surface area contributed by atoms with E-state index >= 15 is 0 Å². The van der Waals surface area contributed by atoms with Crippen LogP contribution in [0.5, 0.6) is 0 Å². The minimum atomic E-state index is 0.00533. The lowest BCUT2D eigenvalue weighted by atomic mass is 10.1. The monoisotopic (exact) mass is 286 g/mol. The molecule has 0 radical (unpaired) electrons. The zero-order chi connectivity index (χ0) is 15.0. The first-order chi connectivity index (χ1) is 10.1. The van der Waals surface area contributed by atoms with Crippen LogP contribution >= 0.6 is 0 Å². The predicted octanol–water partition coefficient (Wildman–Crippen LogP) is 0.878. The second-order valence-corrected chi connectivity index (χ2v) is 5.36. The highest BCUT2D eigenvalue weighted by atomic mass is 16.2. The van der Waals surface area contributed by atoms with Crippen LogP contribution < -0.4 is 0 Å². The Morgan fingerprint density at radius 3 is 2.43 bits per heavy atom. The highest BCUT2D eigenvalue weighted by Gasteiger charge is 2.23. The SMILES string of the molecule is CC(=O)N1CCN(C(=O)c2ccc3c(c2)ncn3C)CC1. The van der Waals surface area contributed by atoms with Gasteiger partial charge in [0.2, 0.25) is 5.91 Å². The van der Waals surface area contributed by atoms with Crippen LogP contribution in [-0.4, -0.2) is 57.3 Å². The van der Waals surface area contributed by atoms with E-state index in [0.29, 0.717) is 31.7 Å². The molecule has 1 fully saturated rings. The Morgan fingerprint density at radius 2 is 1.76 bits per heavy atom. The minimum absolute atomic E-state index is 0.00533. The quantitative estimate of drug-likeness (QED) is 0.782. The number of hydrogen-bond donors (Lipinski definition) is 0. The number of carbonyl (C=O) groups excluding carboxylic acids is 2. The molecule has 1 aromatic carbocycles. The van der Waals surface area contributed by atoms with E-state index in [0.717, 1.165) is 11.0 Å². The number of aryl methyl sites for hydroxylation is 1. The predicted molar refractivity (Wildman–Crippen MR) is 78.9 cm³/mol. The Labute approximate surface area is 123 Å². The molecule has 2 heterocycles. The van der Waals surface area contributed by atoms with E-state index in [1.165, 1.54) is 0 Å². The van der Waals surface area contributed by atoms with Crippen molar-refractivity contribution in [2.45, 2.75) is 6.92 Å². The average Bonchev–Trinajstić information content (AvgIpc) is 2.87. The van der Waals surface area contributed by atoms with Gasteiger partial charge >= 0.3 is 0 Å². The molecule has 6 nitrogen and oxygen atoms in total. The molecule has 1 aliphatic heterocycles. The molecule has 2 aromatic rings. The van der Waals surface area contributed by atoms with Gasteiger partial charge in [-0.1, -0.05) is 0 Å². The third-order valence-electron chi connectivity index (χ3n) is 3.98. The first-order valence-electron chi connectivity index (χ1n) is 7.02. The standard InChI is InChI=1S/C15H18N4O2/c1-11(20)18-5-7-19(8-6-18)15(21)12-3-4-14-13(9-12)16-10-17(14)2/h3-4,9-10H,5-8H2,1-2H3. The lowest BCUT2D eigenvalue weighted by molar-refractivity contribution is -0.130. The van der Waals surface area contributed by atoms with E-state index < -0.39 is 0 Å². The number of carbonyl (C=O) groups is 2. The highest BCUT2D eigenvalue weighted by Crippen LogP contribution is 2.16. The van der Waals surface area contributed by atoms with Crippen LogP contribution in [-0.2, 0) is 11.8 Å². The lowest BCUT2D eigenvalue weighted by Gasteiger charge is -2.34. The van der Waals surface area contributed by atoms with Gasteiger partial charge in [-0.15, -0.1) is 0 Å². The normalized spacial score (nSPS) is 15.5. The smallest absolute Gasteiger partial charge is 0.254 e. The van der Waals surface area contributed by atoms with Crippen molar-refractivity contribution >= 4 is 22.8 Å². The fraction of sp³-hybridized carbons (Fsp3) is 0.400. The summed E-state index contributed by atoms with van der Waals surface area (Å²) in [4.78, 5) is 31.7. The van der Waals surface area contributed by atoms with E-state index in [1.807, 2.05) is 29.8 Å². The minimum Gasteiger partial charge on any atom is -0.339 e. The number of nitrogens with zero attached hydrogens (tertiary/aromatic N) is 4. The fourth-order valence-electron chi connectivity index (χ4n) is 2.68. The number of hydrogen-bond acceptors (Lipinski definition) is 3. The molecule has 0 saturated carbocycles. The number of rotatable bonds is 1. The van der Waals surface area contributed by atoms with Gasteiger partial charge in [0.25, 0.3) is 5.91 Å². The number of aromatic nitrogens is 2. The summed E-state index contributed by atoms with van der Waals surface area (Å²) in [5.74, 6) is 0.0720. The van der Waals surface area contributed by atoms with Crippen LogP contribution in [0.2, 0.25) is 0 Å². The van der Waals surface area contributed by atoms with Crippen molar-refractivity contribution in [1.82, 2.24) is 19.4 Å². The van der Waals surface area contributed by atoms with Crippen molar-refractivity contribution in [2.75, 3.05) is 26.2 Å². The van der Waals surface area contributed by atoms with E-state index in [1.54, 1.807) is 23.1 Å². The van der Waals surface area contributed by atoms with E-state index in [2.05, 4.69) is 4.98 Å². The molecule has 110 valence electrons. The molecule has 3 rings (SSSR count). The molecular weight excluding hydrogens is 268 g/mol. The molecule has 0 atom stereocenters. The summed E-state index contributed by atoms with van der Waals surface area (Å²) >= 11 is 0. The Balaban J connectivity index is 1.76.